The van der Waals surface area contributed by atoms with Crippen LogP contribution in [0.5, 0.6) is 0 Å². The number of rotatable bonds is 2. The summed E-state index contributed by atoms with van der Waals surface area (Å²) >= 11 is 8.03. The summed E-state index contributed by atoms with van der Waals surface area (Å²) in [7, 11) is 1.72. The van der Waals surface area contributed by atoms with E-state index in [0.717, 1.165) is 9.26 Å². The van der Waals surface area contributed by atoms with Crippen molar-refractivity contribution in [2.24, 2.45) is 0 Å². The number of carbonyl (C=O) groups excluding carboxylic acids is 1. The van der Waals surface area contributed by atoms with Gasteiger partial charge in [0.25, 0.3) is 5.91 Å². The van der Waals surface area contributed by atoms with Crippen molar-refractivity contribution in [3.05, 3.63) is 50.9 Å². The van der Waals surface area contributed by atoms with Gasteiger partial charge in [0.1, 0.15) is 6.26 Å². The molecule has 88 valence electrons. The lowest BCUT2D eigenvalue weighted by molar-refractivity contribution is 0.0992. The van der Waals surface area contributed by atoms with Crippen LogP contribution in [0.1, 0.15) is 10.4 Å². The van der Waals surface area contributed by atoms with Gasteiger partial charge in [0.15, 0.2) is 0 Å². The molecule has 0 aliphatic carbocycles. The molecule has 3 nitrogen and oxygen atoms in total. The Bertz CT molecular complexity index is 539. The molecule has 0 saturated carbocycles. The van der Waals surface area contributed by atoms with Crippen LogP contribution in [0, 0.1) is 3.57 Å². The van der Waals surface area contributed by atoms with Crippen LogP contribution < -0.4 is 4.90 Å². The third-order valence-corrected chi connectivity index (χ3v) is 3.44. The second-order valence-electron chi connectivity index (χ2n) is 3.47. The van der Waals surface area contributed by atoms with E-state index in [1.807, 2.05) is 12.1 Å². The minimum atomic E-state index is -0.112. The SMILES string of the molecule is CN(C(=O)c1ccoc1)c1ccc(Cl)cc1I. The number of anilines is 1. The number of nitrogens with zero attached hydrogens (tertiary/aromatic N) is 1. The van der Waals surface area contributed by atoms with E-state index in [9.17, 15) is 4.79 Å². The molecule has 0 aliphatic rings. The molecule has 2 rings (SSSR count). The maximum Gasteiger partial charge on any atom is 0.261 e. The molecule has 1 amide bonds. The summed E-state index contributed by atoms with van der Waals surface area (Å²) in [6, 6.07) is 7.04. The molecular formula is C12H9ClINO2. The Labute approximate surface area is 117 Å². The molecule has 1 aromatic heterocycles. The van der Waals surface area contributed by atoms with Gasteiger partial charge in [0.2, 0.25) is 0 Å². The van der Waals surface area contributed by atoms with Crippen molar-refractivity contribution in [2.45, 2.75) is 0 Å². The van der Waals surface area contributed by atoms with Gasteiger partial charge in [0.05, 0.1) is 17.5 Å². The molecule has 17 heavy (non-hydrogen) atoms. The number of benzene rings is 1. The first-order valence-corrected chi connectivity index (χ1v) is 6.30. The van der Waals surface area contributed by atoms with Crippen LogP contribution in [0.25, 0.3) is 0 Å². The van der Waals surface area contributed by atoms with E-state index in [-0.39, 0.29) is 5.91 Å². The lowest BCUT2D eigenvalue weighted by atomic mass is 10.2. The van der Waals surface area contributed by atoms with Crippen molar-refractivity contribution in [3.8, 4) is 0 Å². The number of hydrogen-bond acceptors (Lipinski definition) is 2. The molecule has 5 heteroatoms. The Morgan fingerprint density at radius 2 is 2.18 bits per heavy atom. The predicted molar refractivity (Wildman–Crippen MR) is 75.6 cm³/mol. The largest absolute Gasteiger partial charge is 0.472 e. The van der Waals surface area contributed by atoms with Gasteiger partial charge in [0, 0.05) is 15.6 Å². The van der Waals surface area contributed by atoms with Crippen LogP contribution in [0.4, 0.5) is 5.69 Å². The summed E-state index contributed by atoms with van der Waals surface area (Å²) in [6.07, 6.45) is 2.91. The fourth-order valence-electron chi connectivity index (χ4n) is 1.44. The third-order valence-electron chi connectivity index (χ3n) is 2.34. The zero-order valence-corrected chi connectivity index (χ0v) is 11.9. The summed E-state index contributed by atoms with van der Waals surface area (Å²) in [4.78, 5) is 13.6. The predicted octanol–water partition coefficient (Wildman–Crippen LogP) is 3.81. The summed E-state index contributed by atoms with van der Waals surface area (Å²) in [5.41, 5.74) is 1.35. The molecule has 0 radical (unpaired) electrons. The van der Waals surface area contributed by atoms with E-state index < -0.39 is 0 Å². The summed E-state index contributed by atoms with van der Waals surface area (Å²) < 4.78 is 5.83. The maximum absolute atomic E-state index is 12.1. The minimum absolute atomic E-state index is 0.112. The first kappa shape index (κ1) is 12.4. The zero-order chi connectivity index (χ0) is 12.4. The van der Waals surface area contributed by atoms with Crippen LogP contribution in [0.15, 0.2) is 41.2 Å². The first-order chi connectivity index (χ1) is 8.09. The molecule has 0 aliphatic heterocycles. The highest BCUT2D eigenvalue weighted by Gasteiger charge is 2.16. The Kier molecular flexibility index (Phi) is 3.73. The molecular weight excluding hydrogens is 352 g/mol. The Morgan fingerprint density at radius 3 is 2.76 bits per heavy atom. The second-order valence-corrected chi connectivity index (χ2v) is 5.07. The number of halogens is 2. The smallest absolute Gasteiger partial charge is 0.261 e. The minimum Gasteiger partial charge on any atom is -0.472 e. The highest BCUT2D eigenvalue weighted by atomic mass is 127. The van der Waals surface area contributed by atoms with Gasteiger partial charge < -0.3 is 9.32 Å². The normalized spacial score (nSPS) is 10.3. The molecule has 1 aromatic carbocycles. The van der Waals surface area contributed by atoms with Crippen molar-refractivity contribution in [3.63, 3.8) is 0 Å². The van der Waals surface area contributed by atoms with E-state index in [2.05, 4.69) is 22.6 Å². The topological polar surface area (TPSA) is 33.5 Å². The lowest BCUT2D eigenvalue weighted by Crippen LogP contribution is -2.26. The molecule has 0 fully saturated rings. The number of furan rings is 1. The zero-order valence-electron chi connectivity index (χ0n) is 8.98. The molecule has 0 N–H and O–H groups in total. The molecule has 0 saturated heterocycles. The average molecular weight is 362 g/mol. The van der Waals surface area contributed by atoms with Gasteiger partial charge in [-0.3, -0.25) is 4.79 Å². The van der Waals surface area contributed by atoms with E-state index in [4.69, 9.17) is 16.0 Å². The standard InChI is InChI=1S/C12H9ClINO2/c1-15(12(16)8-4-5-17-7-8)11-3-2-9(13)6-10(11)14/h2-7H,1H3. The van der Waals surface area contributed by atoms with Gasteiger partial charge in [-0.05, 0) is 46.9 Å². The molecule has 1 heterocycles. The molecule has 0 spiro atoms. The van der Waals surface area contributed by atoms with Gasteiger partial charge in [-0.15, -0.1) is 0 Å². The first-order valence-electron chi connectivity index (χ1n) is 4.85. The van der Waals surface area contributed by atoms with E-state index >= 15 is 0 Å². The lowest BCUT2D eigenvalue weighted by Gasteiger charge is -2.18. The summed E-state index contributed by atoms with van der Waals surface area (Å²) in [6.45, 7) is 0. The Hall–Kier alpha value is -1.01. The molecule has 0 atom stereocenters. The Morgan fingerprint density at radius 1 is 1.41 bits per heavy atom. The van der Waals surface area contributed by atoms with Crippen LogP contribution in [-0.2, 0) is 0 Å². The summed E-state index contributed by atoms with van der Waals surface area (Å²) in [5, 5.41) is 0.655. The van der Waals surface area contributed by atoms with Crippen molar-refractivity contribution in [2.75, 3.05) is 11.9 Å². The number of carbonyl (C=O) groups is 1. The number of hydrogen-bond donors (Lipinski definition) is 0. The monoisotopic (exact) mass is 361 g/mol. The van der Waals surface area contributed by atoms with E-state index in [1.165, 1.54) is 12.5 Å². The van der Waals surface area contributed by atoms with Crippen molar-refractivity contribution < 1.29 is 9.21 Å². The fourth-order valence-corrected chi connectivity index (χ4v) is 2.68. The van der Waals surface area contributed by atoms with Gasteiger partial charge in [-0.2, -0.15) is 0 Å². The van der Waals surface area contributed by atoms with Crippen LogP contribution in [0.3, 0.4) is 0 Å². The highest BCUT2D eigenvalue weighted by molar-refractivity contribution is 14.1. The molecule has 0 unspecified atom stereocenters. The van der Waals surface area contributed by atoms with Crippen LogP contribution in [-0.4, -0.2) is 13.0 Å². The third kappa shape index (κ3) is 2.63. The van der Waals surface area contributed by atoms with Crippen LogP contribution >= 0.6 is 34.2 Å². The van der Waals surface area contributed by atoms with Crippen molar-refractivity contribution >= 4 is 45.8 Å². The molecule has 2 aromatic rings. The summed E-state index contributed by atoms with van der Waals surface area (Å²) in [5.74, 6) is -0.112. The van der Waals surface area contributed by atoms with Gasteiger partial charge in [-0.1, -0.05) is 11.6 Å². The fraction of sp³-hybridized carbons (Fsp3) is 0.0833. The second kappa shape index (κ2) is 5.10. The van der Waals surface area contributed by atoms with Crippen LogP contribution in [0.2, 0.25) is 5.02 Å². The van der Waals surface area contributed by atoms with Crippen molar-refractivity contribution in [1.29, 1.82) is 0 Å². The molecule has 0 bridgehead atoms. The van der Waals surface area contributed by atoms with E-state index in [0.29, 0.717) is 10.6 Å². The van der Waals surface area contributed by atoms with E-state index in [1.54, 1.807) is 24.1 Å². The van der Waals surface area contributed by atoms with Gasteiger partial charge in [-0.25, -0.2) is 0 Å². The maximum atomic E-state index is 12.1. The average Bonchev–Trinajstić information content (AvgIpc) is 2.80. The van der Waals surface area contributed by atoms with Gasteiger partial charge >= 0.3 is 0 Å². The van der Waals surface area contributed by atoms with Crippen molar-refractivity contribution in [1.82, 2.24) is 0 Å². The highest BCUT2D eigenvalue weighted by Crippen LogP contribution is 2.26. The quantitative estimate of drug-likeness (QED) is 0.762. The Balaban J connectivity index is 2.31. The number of amides is 1.